The van der Waals surface area contributed by atoms with Crippen LogP contribution >= 0.6 is 0 Å². The molecule has 0 bridgehead atoms. The second-order valence-electron chi connectivity index (χ2n) is 5.40. The lowest BCUT2D eigenvalue weighted by atomic mass is 10.1. The number of aliphatic hydroxyl groups excluding tert-OH is 1. The van der Waals surface area contributed by atoms with Gasteiger partial charge in [0.1, 0.15) is 0 Å². The van der Waals surface area contributed by atoms with Crippen molar-refractivity contribution in [3.63, 3.8) is 0 Å². The van der Waals surface area contributed by atoms with Gasteiger partial charge in [-0.15, -0.1) is 0 Å². The second-order valence-corrected chi connectivity index (χ2v) is 5.40. The zero-order valence-corrected chi connectivity index (χ0v) is 12.9. The van der Waals surface area contributed by atoms with E-state index >= 15 is 0 Å². The van der Waals surface area contributed by atoms with E-state index < -0.39 is 0 Å². The smallest absolute Gasteiger partial charge is 0.315 e. The molecule has 2 amide bonds. The van der Waals surface area contributed by atoms with Crippen molar-refractivity contribution in [3.8, 4) is 5.69 Å². The molecule has 0 saturated heterocycles. The van der Waals surface area contributed by atoms with Crippen LogP contribution in [0.3, 0.4) is 0 Å². The van der Waals surface area contributed by atoms with Gasteiger partial charge in [0.25, 0.3) is 0 Å². The van der Waals surface area contributed by atoms with Crippen molar-refractivity contribution in [2.45, 2.75) is 26.4 Å². The minimum absolute atomic E-state index is 0.0221. The molecule has 0 aliphatic carbocycles. The molecular weight excluding hydrogens is 280 g/mol. The first-order valence-corrected chi connectivity index (χ1v) is 7.34. The number of nitrogens with one attached hydrogen (secondary N) is 2. The Morgan fingerprint density at radius 3 is 2.86 bits per heavy atom. The van der Waals surface area contributed by atoms with E-state index in [-0.39, 0.29) is 24.6 Å². The fraction of sp³-hybridized carbons (Fsp3) is 0.375. The van der Waals surface area contributed by atoms with Gasteiger partial charge >= 0.3 is 6.03 Å². The normalized spacial score (nSPS) is 13.4. The summed E-state index contributed by atoms with van der Waals surface area (Å²) in [6.45, 7) is 4.24. The van der Waals surface area contributed by atoms with E-state index in [0.29, 0.717) is 6.54 Å². The van der Waals surface area contributed by atoms with Gasteiger partial charge in [0.15, 0.2) is 0 Å². The van der Waals surface area contributed by atoms with Crippen LogP contribution in [0.5, 0.6) is 0 Å². The maximum absolute atomic E-state index is 11.8. The average Bonchev–Trinajstić information content (AvgIpc) is 3.07. The molecule has 118 valence electrons. The summed E-state index contributed by atoms with van der Waals surface area (Å²) in [5, 5.41) is 18.9. The number of nitrogens with zero attached hydrogens (tertiary/aromatic N) is 2. The molecular formula is C16H22N4O2. The molecule has 0 aliphatic rings. The molecule has 1 aromatic heterocycles. The Hall–Kier alpha value is -2.34. The highest BCUT2D eigenvalue weighted by molar-refractivity contribution is 5.74. The Morgan fingerprint density at radius 1 is 1.36 bits per heavy atom. The molecule has 0 aliphatic heterocycles. The van der Waals surface area contributed by atoms with Crippen molar-refractivity contribution in [2.75, 3.05) is 6.61 Å². The fourth-order valence-corrected chi connectivity index (χ4v) is 1.97. The first-order chi connectivity index (χ1) is 10.6. The number of carbonyl (C=O) groups excluding carboxylic acids is 1. The van der Waals surface area contributed by atoms with Crippen LogP contribution in [0.1, 0.15) is 19.4 Å². The Balaban J connectivity index is 1.89. The minimum Gasteiger partial charge on any atom is -0.396 e. The summed E-state index contributed by atoms with van der Waals surface area (Å²) in [4.78, 5) is 11.8. The van der Waals surface area contributed by atoms with E-state index in [9.17, 15) is 4.79 Å². The van der Waals surface area contributed by atoms with E-state index in [1.54, 1.807) is 10.9 Å². The third-order valence-electron chi connectivity index (χ3n) is 3.63. The van der Waals surface area contributed by atoms with Gasteiger partial charge in [0, 0.05) is 31.6 Å². The van der Waals surface area contributed by atoms with Gasteiger partial charge < -0.3 is 15.7 Å². The van der Waals surface area contributed by atoms with Gasteiger partial charge in [-0.1, -0.05) is 19.1 Å². The third kappa shape index (κ3) is 4.33. The Bertz CT molecular complexity index is 598. The standard InChI is InChI=1S/C16H22N4O2/c1-12(11-21)13(2)19-16(22)17-10-14-5-3-6-15(9-14)20-8-4-7-18-20/h3-9,12-13,21H,10-11H2,1-2H3,(H2,17,19,22). The van der Waals surface area contributed by atoms with E-state index in [4.69, 9.17) is 5.11 Å². The van der Waals surface area contributed by atoms with Crippen LogP contribution in [0.15, 0.2) is 42.7 Å². The average molecular weight is 302 g/mol. The van der Waals surface area contributed by atoms with Crippen molar-refractivity contribution in [1.82, 2.24) is 20.4 Å². The number of amides is 2. The summed E-state index contributed by atoms with van der Waals surface area (Å²) in [5.74, 6) is 0.0221. The van der Waals surface area contributed by atoms with Crippen molar-refractivity contribution in [2.24, 2.45) is 5.92 Å². The number of carbonyl (C=O) groups is 1. The van der Waals surface area contributed by atoms with Gasteiger partial charge in [0.05, 0.1) is 5.69 Å². The van der Waals surface area contributed by atoms with Gasteiger partial charge in [0.2, 0.25) is 0 Å². The summed E-state index contributed by atoms with van der Waals surface area (Å²) < 4.78 is 1.77. The summed E-state index contributed by atoms with van der Waals surface area (Å²) >= 11 is 0. The molecule has 1 aromatic carbocycles. The molecule has 0 fully saturated rings. The molecule has 1 heterocycles. The van der Waals surface area contributed by atoms with Crippen LogP contribution in [-0.2, 0) is 6.54 Å². The zero-order valence-electron chi connectivity index (χ0n) is 12.9. The summed E-state index contributed by atoms with van der Waals surface area (Å²) in [5.41, 5.74) is 1.94. The van der Waals surface area contributed by atoms with Crippen LogP contribution in [0.25, 0.3) is 5.69 Å². The first-order valence-electron chi connectivity index (χ1n) is 7.34. The Morgan fingerprint density at radius 2 is 2.18 bits per heavy atom. The van der Waals surface area contributed by atoms with Crippen molar-refractivity contribution in [3.05, 3.63) is 48.3 Å². The summed E-state index contributed by atoms with van der Waals surface area (Å²) in [6, 6.07) is 9.37. The quantitative estimate of drug-likeness (QED) is 0.759. The van der Waals surface area contributed by atoms with E-state index in [1.165, 1.54) is 0 Å². The van der Waals surface area contributed by atoms with Gasteiger partial charge in [-0.3, -0.25) is 0 Å². The number of aromatic nitrogens is 2. The molecule has 6 heteroatoms. The monoisotopic (exact) mass is 302 g/mol. The predicted octanol–water partition coefficient (Wildman–Crippen LogP) is 1.69. The van der Waals surface area contributed by atoms with Crippen LogP contribution < -0.4 is 10.6 Å². The van der Waals surface area contributed by atoms with Crippen LogP contribution in [0, 0.1) is 5.92 Å². The van der Waals surface area contributed by atoms with Gasteiger partial charge in [-0.25, -0.2) is 9.48 Å². The van der Waals surface area contributed by atoms with Crippen LogP contribution in [0.4, 0.5) is 4.79 Å². The third-order valence-corrected chi connectivity index (χ3v) is 3.63. The lowest BCUT2D eigenvalue weighted by Crippen LogP contribution is -2.43. The Labute approximate surface area is 130 Å². The van der Waals surface area contributed by atoms with E-state index in [1.807, 2.05) is 50.4 Å². The highest BCUT2D eigenvalue weighted by atomic mass is 16.3. The van der Waals surface area contributed by atoms with Crippen molar-refractivity contribution >= 4 is 6.03 Å². The lowest BCUT2D eigenvalue weighted by molar-refractivity contribution is 0.200. The number of hydrogen-bond donors (Lipinski definition) is 3. The summed E-state index contributed by atoms with van der Waals surface area (Å²) in [7, 11) is 0. The van der Waals surface area contributed by atoms with Gasteiger partial charge in [-0.05, 0) is 36.6 Å². The SMILES string of the molecule is CC(CO)C(C)NC(=O)NCc1cccc(-n2cccn2)c1. The number of rotatable bonds is 6. The number of benzene rings is 1. The maximum Gasteiger partial charge on any atom is 0.315 e. The number of aliphatic hydroxyl groups is 1. The number of hydrogen-bond acceptors (Lipinski definition) is 3. The molecule has 2 rings (SSSR count). The molecule has 3 N–H and O–H groups in total. The molecule has 2 unspecified atom stereocenters. The zero-order chi connectivity index (χ0) is 15.9. The number of urea groups is 1. The lowest BCUT2D eigenvalue weighted by Gasteiger charge is -2.19. The minimum atomic E-state index is -0.239. The molecule has 2 aromatic rings. The summed E-state index contributed by atoms with van der Waals surface area (Å²) in [6.07, 6.45) is 3.60. The molecule has 0 radical (unpaired) electrons. The Kier molecular flexibility index (Phi) is 5.55. The second kappa shape index (κ2) is 7.61. The molecule has 0 spiro atoms. The van der Waals surface area contributed by atoms with Crippen molar-refractivity contribution < 1.29 is 9.90 Å². The fourth-order valence-electron chi connectivity index (χ4n) is 1.97. The van der Waals surface area contributed by atoms with E-state index in [0.717, 1.165) is 11.3 Å². The van der Waals surface area contributed by atoms with Crippen LogP contribution in [0.2, 0.25) is 0 Å². The largest absolute Gasteiger partial charge is 0.396 e. The highest BCUT2D eigenvalue weighted by Crippen LogP contribution is 2.09. The predicted molar refractivity (Wildman–Crippen MR) is 84.6 cm³/mol. The van der Waals surface area contributed by atoms with Gasteiger partial charge in [-0.2, -0.15) is 5.10 Å². The maximum atomic E-state index is 11.8. The molecule has 6 nitrogen and oxygen atoms in total. The van der Waals surface area contributed by atoms with Crippen LogP contribution in [-0.4, -0.2) is 33.6 Å². The molecule has 0 saturated carbocycles. The van der Waals surface area contributed by atoms with Crippen molar-refractivity contribution in [1.29, 1.82) is 0 Å². The topological polar surface area (TPSA) is 79.2 Å². The highest BCUT2D eigenvalue weighted by Gasteiger charge is 2.13. The first kappa shape index (κ1) is 16.0. The molecule has 2 atom stereocenters. The molecule has 22 heavy (non-hydrogen) atoms. The van der Waals surface area contributed by atoms with E-state index in [2.05, 4.69) is 15.7 Å².